The number of hydrogen-bond donors (Lipinski definition) is 1. The second-order valence-electron chi connectivity index (χ2n) is 8.19. The van der Waals surface area contributed by atoms with Gasteiger partial charge in [0, 0.05) is 37.5 Å². The maximum absolute atomic E-state index is 4.65. The first-order chi connectivity index (χ1) is 15.7. The van der Waals surface area contributed by atoms with Crippen LogP contribution in [-0.2, 0) is 13.5 Å². The van der Waals surface area contributed by atoms with Crippen molar-refractivity contribution < 1.29 is 0 Å². The first-order valence-corrected chi connectivity index (χ1v) is 10.7. The van der Waals surface area contributed by atoms with E-state index >= 15 is 0 Å². The molecule has 0 radical (unpaired) electrons. The maximum atomic E-state index is 4.65. The molecule has 1 N–H and O–H groups in total. The molecule has 6 rings (SSSR count). The van der Waals surface area contributed by atoms with Gasteiger partial charge in [0.2, 0.25) is 5.95 Å². The Bertz CT molecular complexity index is 1410. The molecule has 0 unspecified atom stereocenters. The normalized spacial score (nSPS) is 13.5. The number of aryl methyl sites for hydroxylation is 1. The lowest BCUT2D eigenvalue weighted by Gasteiger charge is -2.07. The van der Waals surface area contributed by atoms with Gasteiger partial charge in [-0.05, 0) is 48.1 Å². The minimum absolute atomic E-state index is 0.517. The molecule has 0 spiro atoms. The summed E-state index contributed by atoms with van der Waals surface area (Å²) >= 11 is 0. The number of anilines is 2. The van der Waals surface area contributed by atoms with Gasteiger partial charge in [-0.15, -0.1) is 10.2 Å². The monoisotopic (exact) mass is 422 g/mol. The number of benzene rings is 1. The molecule has 5 aromatic rings. The van der Waals surface area contributed by atoms with Crippen molar-refractivity contribution in [2.45, 2.75) is 25.2 Å². The van der Waals surface area contributed by atoms with Gasteiger partial charge >= 0.3 is 0 Å². The van der Waals surface area contributed by atoms with E-state index in [1.807, 2.05) is 41.9 Å². The fourth-order valence-corrected chi connectivity index (χ4v) is 3.97. The predicted molar refractivity (Wildman–Crippen MR) is 122 cm³/mol. The summed E-state index contributed by atoms with van der Waals surface area (Å²) in [6.45, 7) is 0. The van der Waals surface area contributed by atoms with E-state index in [2.05, 4.69) is 54.8 Å². The van der Waals surface area contributed by atoms with Crippen LogP contribution in [0.25, 0.3) is 16.9 Å². The molecule has 158 valence electrons. The van der Waals surface area contributed by atoms with Crippen molar-refractivity contribution in [1.29, 1.82) is 0 Å². The van der Waals surface area contributed by atoms with Crippen molar-refractivity contribution in [2.75, 3.05) is 5.32 Å². The van der Waals surface area contributed by atoms with Crippen LogP contribution in [0.1, 0.15) is 35.7 Å². The smallest absolute Gasteiger partial charge is 0.228 e. The SMILES string of the molecule is Cn1nccc1Nc1nccc(-c2ccn3c(Cc4cccc(C5CC5)c4)nnc3c2)n1. The van der Waals surface area contributed by atoms with Gasteiger partial charge in [-0.2, -0.15) is 5.10 Å². The van der Waals surface area contributed by atoms with Crippen LogP contribution in [0.15, 0.2) is 67.1 Å². The van der Waals surface area contributed by atoms with Crippen molar-refractivity contribution in [3.05, 3.63) is 84.1 Å². The Labute approximate surface area is 185 Å². The van der Waals surface area contributed by atoms with Crippen molar-refractivity contribution in [3.8, 4) is 11.3 Å². The number of rotatable bonds is 6. The van der Waals surface area contributed by atoms with E-state index in [1.54, 1.807) is 17.1 Å². The average Bonchev–Trinajstić information content (AvgIpc) is 3.50. The van der Waals surface area contributed by atoms with Crippen LogP contribution in [0.4, 0.5) is 11.8 Å². The molecule has 8 heteroatoms. The standard InChI is InChI=1S/C24H22N8/c1-31-21(8-11-26-31)28-24-25-10-7-20(27-24)19-9-12-32-22(29-30-23(32)15-19)14-16-3-2-4-18(13-16)17-5-6-17/h2-4,7-13,15,17H,5-6,14H2,1H3,(H,25,27,28). The Hall–Kier alpha value is -4.07. The van der Waals surface area contributed by atoms with E-state index < -0.39 is 0 Å². The zero-order valence-corrected chi connectivity index (χ0v) is 17.7. The van der Waals surface area contributed by atoms with E-state index in [9.17, 15) is 0 Å². The third-order valence-electron chi connectivity index (χ3n) is 5.85. The number of aromatic nitrogens is 7. The summed E-state index contributed by atoms with van der Waals surface area (Å²) in [6, 6.07) is 16.7. The molecular formula is C24H22N8. The fourth-order valence-electron chi connectivity index (χ4n) is 3.97. The number of fused-ring (bicyclic) bond motifs is 1. The zero-order chi connectivity index (χ0) is 21.5. The molecule has 0 aliphatic heterocycles. The molecule has 0 amide bonds. The highest BCUT2D eigenvalue weighted by Gasteiger charge is 2.23. The quantitative estimate of drug-likeness (QED) is 0.443. The van der Waals surface area contributed by atoms with Crippen LogP contribution >= 0.6 is 0 Å². The van der Waals surface area contributed by atoms with Gasteiger partial charge in [-0.1, -0.05) is 24.3 Å². The second kappa shape index (κ2) is 7.56. The van der Waals surface area contributed by atoms with Gasteiger partial charge in [0.05, 0.1) is 11.9 Å². The molecule has 0 saturated heterocycles. The first kappa shape index (κ1) is 18.7. The second-order valence-corrected chi connectivity index (χ2v) is 8.19. The Kier molecular flexibility index (Phi) is 4.41. The summed E-state index contributed by atoms with van der Waals surface area (Å²) in [7, 11) is 1.87. The van der Waals surface area contributed by atoms with Gasteiger partial charge in [0.15, 0.2) is 5.65 Å². The van der Waals surface area contributed by atoms with Crippen LogP contribution in [0.3, 0.4) is 0 Å². The van der Waals surface area contributed by atoms with Gasteiger partial charge in [-0.3, -0.25) is 9.08 Å². The number of nitrogens with one attached hydrogen (secondary N) is 1. The molecule has 1 aromatic carbocycles. The van der Waals surface area contributed by atoms with Gasteiger partial charge < -0.3 is 5.32 Å². The Morgan fingerprint density at radius 1 is 1.03 bits per heavy atom. The van der Waals surface area contributed by atoms with Crippen LogP contribution in [0.2, 0.25) is 0 Å². The maximum Gasteiger partial charge on any atom is 0.228 e. The summed E-state index contributed by atoms with van der Waals surface area (Å²) < 4.78 is 3.78. The van der Waals surface area contributed by atoms with Crippen molar-refractivity contribution in [1.82, 2.24) is 34.3 Å². The average molecular weight is 422 g/mol. The largest absolute Gasteiger partial charge is 0.309 e. The molecule has 1 aliphatic carbocycles. The van der Waals surface area contributed by atoms with Crippen molar-refractivity contribution in [3.63, 3.8) is 0 Å². The summed E-state index contributed by atoms with van der Waals surface area (Å²) in [5, 5.41) is 16.2. The highest BCUT2D eigenvalue weighted by molar-refractivity contribution is 5.65. The van der Waals surface area contributed by atoms with E-state index in [0.717, 1.165) is 40.9 Å². The third kappa shape index (κ3) is 3.60. The summed E-state index contributed by atoms with van der Waals surface area (Å²) in [4.78, 5) is 8.97. The minimum Gasteiger partial charge on any atom is -0.309 e. The van der Waals surface area contributed by atoms with E-state index in [1.165, 1.54) is 24.0 Å². The Morgan fingerprint density at radius 2 is 1.97 bits per heavy atom. The molecule has 0 atom stereocenters. The molecule has 1 aliphatic rings. The Balaban J connectivity index is 1.27. The third-order valence-corrected chi connectivity index (χ3v) is 5.85. The molecule has 8 nitrogen and oxygen atoms in total. The fraction of sp³-hybridized carbons (Fsp3) is 0.208. The highest BCUT2D eigenvalue weighted by atomic mass is 15.3. The molecule has 1 saturated carbocycles. The first-order valence-electron chi connectivity index (χ1n) is 10.7. The number of nitrogens with zero attached hydrogens (tertiary/aromatic N) is 7. The number of pyridine rings is 1. The molecule has 4 heterocycles. The van der Waals surface area contributed by atoms with E-state index in [0.29, 0.717) is 5.95 Å². The summed E-state index contributed by atoms with van der Waals surface area (Å²) in [5.41, 5.74) is 5.29. The van der Waals surface area contributed by atoms with Gasteiger partial charge in [0.25, 0.3) is 0 Å². The van der Waals surface area contributed by atoms with Crippen LogP contribution in [-0.4, -0.2) is 34.3 Å². The minimum atomic E-state index is 0.517. The van der Waals surface area contributed by atoms with Crippen LogP contribution in [0.5, 0.6) is 0 Å². The predicted octanol–water partition coefficient (Wildman–Crippen LogP) is 4.13. The molecule has 0 bridgehead atoms. The molecular weight excluding hydrogens is 400 g/mol. The zero-order valence-electron chi connectivity index (χ0n) is 17.7. The topological polar surface area (TPSA) is 85.8 Å². The van der Waals surface area contributed by atoms with Gasteiger partial charge in [0.1, 0.15) is 11.6 Å². The van der Waals surface area contributed by atoms with Crippen LogP contribution in [0, 0.1) is 0 Å². The highest BCUT2D eigenvalue weighted by Crippen LogP contribution is 2.40. The lowest BCUT2D eigenvalue weighted by molar-refractivity contribution is 0.775. The summed E-state index contributed by atoms with van der Waals surface area (Å²) in [6.07, 6.45) is 8.86. The molecule has 32 heavy (non-hydrogen) atoms. The van der Waals surface area contributed by atoms with Crippen LogP contribution < -0.4 is 5.32 Å². The summed E-state index contributed by atoms with van der Waals surface area (Å²) in [5.74, 6) is 3.02. The van der Waals surface area contributed by atoms with E-state index in [4.69, 9.17) is 0 Å². The number of hydrogen-bond acceptors (Lipinski definition) is 6. The molecule has 1 fully saturated rings. The lowest BCUT2D eigenvalue weighted by atomic mass is 10.0. The van der Waals surface area contributed by atoms with Crippen molar-refractivity contribution in [2.24, 2.45) is 7.05 Å². The van der Waals surface area contributed by atoms with Gasteiger partial charge in [-0.25, -0.2) is 9.97 Å². The molecule has 4 aromatic heterocycles. The van der Waals surface area contributed by atoms with E-state index in [-0.39, 0.29) is 0 Å². The van der Waals surface area contributed by atoms with Crippen molar-refractivity contribution >= 4 is 17.4 Å². The lowest BCUT2D eigenvalue weighted by Crippen LogP contribution is -2.03. The Morgan fingerprint density at radius 3 is 2.81 bits per heavy atom.